The van der Waals surface area contributed by atoms with Gasteiger partial charge in [-0.1, -0.05) is 25.6 Å². The van der Waals surface area contributed by atoms with Crippen LogP contribution in [0.15, 0.2) is 24.3 Å². The Morgan fingerprint density at radius 3 is 1.95 bits per heavy atom. The maximum Gasteiger partial charge on any atom is 0.269 e. The van der Waals surface area contributed by atoms with Crippen molar-refractivity contribution in [2.45, 2.75) is 19.6 Å². The standard InChI is InChI=1S/C17H13NO2Si/c1-21(2,3)15-9-7-5-4-6-8-10-16-11-13-17(14-12-16)18(19)20/h11-14H,1-3H3. The minimum Gasteiger partial charge on any atom is -0.258 e. The summed E-state index contributed by atoms with van der Waals surface area (Å²) in [6, 6.07) is 5.97. The molecule has 3 nitrogen and oxygen atoms in total. The zero-order valence-corrected chi connectivity index (χ0v) is 13.1. The largest absolute Gasteiger partial charge is 0.269 e. The summed E-state index contributed by atoms with van der Waals surface area (Å²) in [6.07, 6.45) is 0. The Bertz CT molecular complexity index is 771. The van der Waals surface area contributed by atoms with Gasteiger partial charge >= 0.3 is 0 Å². The van der Waals surface area contributed by atoms with Crippen LogP contribution in [0.25, 0.3) is 0 Å². The number of hydrogen-bond donors (Lipinski definition) is 0. The molecule has 102 valence electrons. The van der Waals surface area contributed by atoms with Crippen molar-refractivity contribution in [3.05, 3.63) is 39.9 Å². The van der Waals surface area contributed by atoms with Crippen LogP contribution in [0.1, 0.15) is 5.56 Å². The highest BCUT2D eigenvalue weighted by Gasteiger charge is 2.06. The smallest absolute Gasteiger partial charge is 0.258 e. The fraction of sp³-hybridized carbons (Fsp3) is 0.176. The van der Waals surface area contributed by atoms with E-state index in [4.69, 9.17) is 0 Å². The Morgan fingerprint density at radius 1 is 0.905 bits per heavy atom. The molecule has 0 amide bonds. The van der Waals surface area contributed by atoms with Crippen LogP contribution in [-0.2, 0) is 0 Å². The summed E-state index contributed by atoms with van der Waals surface area (Å²) in [7, 11) is -1.38. The van der Waals surface area contributed by atoms with Crippen LogP contribution < -0.4 is 0 Å². The van der Waals surface area contributed by atoms with Gasteiger partial charge in [0.2, 0.25) is 0 Å². The van der Waals surface area contributed by atoms with Gasteiger partial charge in [-0.25, -0.2) is 0 Å². The van der Waals surface area contributed by atoms with E-state index in [1.165, 1.54) is 12.1 Å². The number of nitrogens with zero attached hydrogens (tertiary/aromatic N) is 1. The number of nitro groups is 1. The van der Waals surface area contributed by atoms with Crippen molar-refractivity contribution < 1.29 is 4.92 Å². The Labute approximate surface area is 125 Å². The lowest BCUT2D eigenvalue weighted by Crippen LogP contribution is -2.16. The van der Waals surface area contributed by atoms with Crippen molar-refractivity contribution in [3.8, 4) is 47.0 Å². The van der Waals surface area contributed by atoms with Crippen LogP contribution in [0, 0.1) is 57.1 Å². The normalized spacial score (nSPS) is 8.52. The third-order valence-corrected chi connectivity index (χ3v) is 2.91. The molecular formula is C17H13NO2Si. The number of non-ortho nitro benzene ring substituents is 1. The molecule has 1 rings (SSSR count). The van der Waals surface area contributed by atoms with Crippen molar-refractivity contribution in [2.75, 3.05) is 0 Å². The zero-order valence-electron chi connectivity index (χ0n) is 12.1. The van der Waals surface area contributed by atoms with Crippen LogP contribution in [0.4, 0.5) is 5.69 Å². The molecule has 0 heterocycles. The Balaban J connectivity index is 2.65. The second kappa shape index (κ2) is 7.61. The van der Waals surface area contributed by atoms with E-state index in [0.29, 0.717) is 5.56 Å². The average molecular weight is 291 g/mol. The first-order valence-electron chi connectivity index (χ1n) is 6.16. The summed E-state index contributed by atoms with van der Waals surface area (Å²) >= 11 is 0. The van der Waals surface area contributed by atoms with E-state index in [2.05, 4.69) is 66.6 Å². The molecule has 0 saturated carbocycles. The highest BCUT2D eigenvalue weighted by atomic mass is 28.3. The van der Waals surface area contributed by atoms with Crippen LogP contribution >= 0.6 is 0 Å². The summed E-state index contributed by atoms with van der Waals surface area (Å²) < 4.78 is 0. The van der Waals surface area contributed by atoms with Crippen LogP contribution in [0.5, 0.6) is 0 Å². The Morgan fingerprint density at radius 2 is 1.43 bits per heavy atom. The highest BCUT2D eigenvalue weighted by Crippen LogP contribution is 2.10. The van der Waals surface area contributed by atoms with Crippen molar-refractivity contribution in [2.24, 2.45) is 0 Å². The van der Waals surface area contributed by atoms with E-state index >= 15 is 0 Å². The lowest BCUT2D eigenvalue weighted by Gasteiger charge is -2.01. The van der Waals surface area contributed by atoms with Gasteiger partial charge < -0.3 is 0 Å². The van der Waals surface area contributed by atoms with Gasteiger partial charge in [0, 0.05) is 17.7 Å². The number of benzene rings is 1. The third-order valence-electron chi connectivity index (χ3n) is 2.03. The first kappa shape index (κ1) is 16.1. The maximum atomic E-state index is 10.5. The summed E-state index contributed by atoms with van der Waals surface area (Å²) in [5.74, 6) is 18.7. The van der Waals surface area contributed by atoms with E-state index in [9.17, 15) is 10.1 Å². The summed E-state index contributed by atoms with van der Waals surface area (Å²) in [5, 5.41) is 10.5. The van der Waals surface area contributed by atoms with Gasteiger partial charge in [-0.2, -0.15) is 0 Å². The first-order valence-corrected chi connectivity index (χ1v) is 9.66. The van der Waals surface area contributed by atoms with Crippen molar-refractivity contribution >= 4 is 13.8 Å². The molecule has 4 heteroatoms. The first-order chi connectivity index (χ1) is 9.88. The van der Waals surface area contributed by atoms with Crippen LogP contribution in [0.2, 0.25) is 19.6 Å². The SMILES string of the molecule is C[Si](C)(C)C#CC#CC#CC#Cc1ccc([N+](=O)[O-])cc1. The molecule has 0 aliphatic heterocycles. The van der Waals surface area contributed by atoms with Gasteiger partial charge in [-0.15, -0.1) is 5.54 Å². The van der Waals surface area contributed by atoms with Gasteiger partial charge in [-0.05, 0) is 47.7 Å². The van der Waals surface area contributed by atoms with Gasteiger partial charge in [0.25, 0.3) is 5.69 Å². The summed E-state index contributed by atoms with van der Waals surface area (Å²) in [5.41, 5.74) is 3.82. The molecule has 0 radical (unpaired) electrons. The Hall–Kier alpha value is -2.92. The second-order valence-corrected chi connectivity index (χ2v) is 9.80. The molecule has 0 aliphatic carbocycles. The average Bonchev–Trinajstić information content (AvgIpc) is 2.41. The van der Waals surface area contributed by atoms with E-state index in [1.807, 2.05) is 0 Å². The van der Waals surface area contributed by atoms with Crippen LogP contribution in [0.3, 0.4) is 0 Å². The third kappa shape index (κ3) is 7.29. The van der Waals surface area contributed by atoms with Crippen molar-refractivity contribution in [3.63, 3.8) is 0 Å². The highest BCUT2D eigenvalue weighted by molar-refractivity contribution is 6.83. The number of hydrogen-bond acceptors (Lipinski definition) is 2. The molecule has 0 aromatic heterocycles. The van der Waals surface area contributed by atoms with Crippen molar-refractivity contribution in [1.29, 1.82) is 0 Å². The van der Waals surface area contributed by atoms with Gasteiger partial charge in [0.1, 0.15) is 8.07 Å². The van der Waals surface area contributed by atoms with Crippen LogP contribution in [-0.4, -0.2) is 13.0 Å². The molecule has 0 spiro atoms. The fourth-order valence-electron chi connectivity index (χ4n) is 1.11. The fourth-order valence-corrected chi connectivity index (χ4v) is 1.55. The quantitative estimate of drug-likeness (QED) is 0.345. The number of rotatable bonds is 1. The molecule has 0 unspecified atom stereocenters. The number of nitro benzene ring substituents is 1. The van der Waals surface area contributed by atoms with E-state index < -0.39 is 13.0 Å². The minimum absolute atomic E-state index is 0.0403. The molecule has 0 N–H and O–H groups in total. The zero-order chi connectivity index (χ0) is 15.7. The van der Waals surface area contributed by atoms with Gasteiger partial charge in [0.05, 0.1) is 4.92 Å². The topological polar surface area (TPSA) is 43.1 Å². The van der Waals surface area contributed by atoms with E-state index in [-0.39, 0.29) is 5.69 Å². The molecule has 0 saturated heterocycles. The lowest BCUT2D eigenvalue weighted by atomic mass is 10.2. The van der Waals surface area contributed by atoms with Gasteiger partial charge in [-0.3, -0.25) is 10.1 Å². The maximum absolute atomic E-state index is 10.5. The summed E-state index contributed by atoms with van der Waals surface area (Å²) in [4.78, 5) is 10.0. The monoisotopic (exact) mass is 291 g/mol. The predicted octanol–water partition coefficient (Wildman–Crippen LogP) is 2.83. The Kier molecular flexibility index (Phi) is 5.85. The molecule has 21 heavy (non-hydrogen) atoms. The molecular weight excluding hydrogens is 278 g/mol. The molecule has 0 fully saturated rings. The lowest BCUT2D eigenvalue weighted by molar-refractivity contribution is -0.384. The molecule has 0 aliphatic rings. The van der Waals surface area contributed by atoms with Gasteiger partial charge in [0.15, 0.2) is 0 Å². The minimum atomic E-state index is -1.38. The second-order valence-electron chi connectivity index (χ2n) is 5.05. The molecule has 1 aromatic carbocycles. The predicted molar refractivity (Wildman–Crippen MR) is 86.6 cm³/mol. The van der Waals surface area contributed by atoms with E-state index in [1.54, 1.807) is 12.1 Å². The van der Waals surface area contributed by atoms with E-state index in [0.717, 1.165) is 0 Å². The molecule has 1 aromatic rings. The van der Waals surface area contributed by atoms with Crippen molar-refractivity contribution in [1.82, 2.24) is 0 Å². The summed E-state index contributed by atoms with van der Waals surface area (Å²) in [6.45, 7) is 6.43. The molecule has 0 bridgehead atoms. The molecule has 0 atom stereocenters.